The van der Waals surface area contributed by atoms with Gasteiger partial charge in [-0.05, 0) is 63.6 Å². The van der Waals surface area contributed by atoms with Gasteiger partial charge in [-0.25, -0.2) is 0 Å². The highest BCUT2D eigenvalue weighted by Gasteiger charge is 2.22. The number of benzene rings is 1. The van der Waals surface area contributed by atoms with Gasteiger partial charge in [-0.3, -0.25) is 9.56 Å². The van der Waals surface area contributed by atoms with Crippen LogP contribution < -0.4 is 4.90 Å². The first-order valence-corrected chi connectivity index (χ1v) is 13.6. The minimum Gasteiger partial charge on any atom is -0.369 e. The van der Waals surface area contributed by atoms with E-state index in [1.165, 1.54) is 11.3 Å². The Morgan fingerprint density at radius 3 is 2.33 bits per heavy atom. The fraction of sp³-hybridized carbons (Fsp3) is 0.500. The Balaban J connectivity index is 1.88. The van der Waals surface area contributed by atoms with Crippen molar-refractivity contribution in [2.45, 2.75) is 27.2 Å². The summed E-state index contributed by atoms with van der Waals surface area (Å²) in [6, 6.07) is 8.74. The average Bonchev–Trinajstić information content (AvgIpc) is 2.81. The maximum Gasteiger partial charge on any atom is 0.330 e. The van der Waals surface area contributed by atoms with Crippen LogP contribution in [0.3, 0.4) is 0 Å². The summed E-state index contributed by atoms with van der Waals surface area (Å²) in [5.74, 6) is 0. The van der Waals surface area contributed by atoms with Gasteiger partial charge < -0.3 is 18.8 Å². The van der Waals surface area contributed by atoms with Gasteiger partial charge in [0.1, 0.15) is 0 Å². The number of rotatable bonds is 13. The molecule has 0 unspecified atom stereocenters. The lowest BCUT2D eigenvalue weighted by Gasteiger charge is -2.34. The van der Waals surface area contributed by atoms with E-state index in [1.807, 2.05) is 39.1 Å². The molecule has 182 valence electrons. The van der Waals surface area contributed by atoms with Crippen molar-refractivity contribution in [1.29, 1.82) is 0 Å². The molecule has 0 bridgehead atoms. The highest BCUT2D eigenvalue weighted by atomic mass is 31.2. The molecule has 0 aromatic heterocycles. The fourth-order valence-corrected chi connectivity index (χ4v) is 5.19. The second-order valence-corrected chi connectivity index (χ2v) is 10.1. The Hall–Kier alpha value is -1.98. The van der Waals surface area contributed by atoms with E-state index >= 15 is 0 Å². The molecule has 0 aliphatic carbocycles. The number of aliphatic imine (C=N–C) groups is 1. The summed E-state index contributed by atoms with van der Waals surface area (Å²) in [6.07, 6.45) is 13.1. The van der Waals surface area contributed by atoms with E-state index in [4.69, 9.17) is 9.05 Å². The molecule has 1 heterocycles. The van der Waals surface area contributed by atoms with Crippen molar-refractivity contribution >= 4 is 25.6 Å². The van der Waals surface area contributed by atoms with Gasteiger partial charge in [0.15, 0.2) is 0 Å². The van der Waals surface area contributed by atoms with Crippen LogP contribution in [-0.4, -0.2) is 70.3 Å². The van der Waals surface area contributed by atoms with Gasteiger partial charge >= 0.3 is 7.60 Å². The van der Waals surface area contributed by atoms with Crippen molar-refractivity contribution in [2.24, 2.45) is 4.99 Å². The smallest absolute Gasteiger partial charge is 0.330 e. The van der Waals surface area contributed by atoms with E-state index in [2.05, 4.69) is 64.3 Å². The maximum absolute atomic E-state index is 12.5. The monoisotopic (exact) mass is 473 g/mol. The topological polar surface area (TPSA) is 54.4 Å². The van der Waals surface area contributed by atoms with E-state index in [0.717, 1.165) is 31.8 Å². The van der Waals surface area contributed by atoms with Crippen LogP contribution in [0.25, 0.3) is 6.08 Å². The molecule has 1 aliphatic heterocycles. The highest BCUT2D eigenvalue weighted by Crippen LogP contribution is 2.48. The Morgan fingerprint density at radius 2 is 1.73 bits per heavy atom. The van der Waals surface area contributed by atoms with Crippen LogP contribution in [0.2, 0.25) is 0 Å². The molecule has 0 radical (unpaired) electrons. The second-order valence-electron chi connectivity index (χ2n) is 7.96. The number of piperazine rings is 1. The lowest BCUT2D eigenvalue weighted by molar-refractivity contribution is 0.220. The van der Waals surface area contributed by atoms with Crippen LogP contribution in [0.5, 0.6) is 0 Å². The molecular weight excluding hydrogens is 433 g/mol. The zero-order valence-electron chi connectivity index (χ0n) is 20.7. The Morgan fingerprint density at radius 1 is 1.06 bits per heavy atom. The summed E-state index contributed by atoms with van der Waals surface area (Å²) in [5, 5.41) is 0. The number of allylic oxidation sites excluding steroid dienone is 5. The quantitative estimate of drug-likeness (QED) is 0.160. The Kier molecular flexibility index (Phi) is 12.4. The van der Waals surface area contributed by atoms with E-state index in [-0.39, 0.29) is 0 Å². The third-order valence-electron chi connectivity index (χ3n) is 5.33. The van der Waals surface area contributed by atoms with Crippen molar-refractivity contribution in [3.63, 3.8) is 0 Å². The molecule has 0 saturated carbocycles. The van der Waals surface area contributed by atoms with E-state index in [9.17, 15) is 4.57 Å². The van der Waals surface area contributed by atoms with Gasteiger partial charge in [0, 0.05) is 44.6 Å². The molecule has 1 fully saturated rings. The summed E-state index contributed by atoms with van der Waals surface area (Å²) in [6.45, 7) is 11.4. The third kappa shape index (κ3) is 10.2. The largest absolute Gasteiger partial charge is 0.369 e. The SMILES string of the molecule is C/C=C\C(C=Cc1ccc(N2CCN(C)CC2)cc1)=C/C=NCCCP(=O)(OCC)OCC. The van der Waals surface area contributed by atoms with E-state index in [0.29, 0.717) is 32.3 Å². The van der Waals surface area contributed by atoms with Crippen molar-refractivity contribution in [2.75, 3.05) is 64.0 Å². The average molecular weight is 474 g/mol. The molecule has 1 aromatic carbocycles. The zero-order chi connectivity index (χ0) is 23.9. The van der Waals surface area contributed by atoms with Crippen LogP contribution >= 0.6 is 7.60 Å². The first-order valence-electron chi connectivity index (χ1n) is 11.9. The minimum absolute atomic E-state index is 0.390. The van der Waals surface area contributed by atoms with Gasteiger partial charge in [-0.15, -0.1) is 0 Å². The van der Waals surface area contributed by atoms with Crippen molar-refractivity contribution in [1.82, 2.24) is 4.90 Å². The van der Waals surface area contributed by atoms with E-state index < -0.39 is 7.60 Å². The van der Waals surface area contributed by atoms with Gasteiger partial charge in [0.2, 0.25) is 0 Å². The summed E-state index contributed by atoms with van der Waals surface area (Å²) in [7, 11) is -0.799. The lowest BCUT2D eigenvalue weighted by atomic mass is 10.1. The van der Waals surface area contributed by atoms with Crippen LogP contribution in [0.15, 0.2) is 59.1 Å². The standard InChI is InChI=1S/C26H40N3O3P/c1-5-9-24(16-18-27-17-8-23-33(30,31-6-2)32-7-3)10-11-25-12-14-26(15-13-25)29-21-19-28(4)20-22-29/h5,9-16,18H,6-8,17,19-23H2,1-4H3/b9-5-,11-10?,24-16+,27-18?. The maximum atomic E-state index is 12.5. The number of anilines is 1. The Bertz CT molecular complexity index is 844. The number of nitrogens with zero attached hydrogens (tertiary/aromatic N) is 3. The predicted octanol–water partition coefficient (Wildman–Crippen LogP) is 5.68. The molecule has 6 nitrogen and oxygen atoms in total. The normalized spacial score (nSPS) is 16.6. The van der Waals surface area contributed by atoms with E-state index in [1.54, 1.807) is 0 Å². The molecule has 2 rings (SSSR count). The van der Waals surface area contributed by atoms with Gasteiger partial charge in [0.25, 0.3) is 0 Å². The van der Waals surface area contributed by atoms with Gasteiger partial charge in [-0.1, -0.05) is 36.4 Å². The fourth-order valence-electron chi connectivity index (χ4n) is 3.54. The molecule has 7 heteroatoms. The lowest BCUT2D eigenvalue weighted by Crippen LogP contribution is -2.44. The molecule has 1 aromatic rings. The summed E-state index contributed by atoms with van der Waals surface area (Å²) in [5.41, 5.74) is 3.52. The van der Waals surface area contributed by atoms with Crippen molar-refractivity contribution < 1.29 is 13.6 Å². The zero-order valence-corrected chi connectivity index (χ0v) is 21.5. The van der Waals surface area contributed by atoms with Gasteiger partial charge in [-0.2, -0.15) is 0 Å². The Labute approximate surface area is 200 Å². The van der Waals surface area contributed by atoms with Crippen molar-refractivity contribution in [3.8, 4) is 0 Å². The molecule has 1 saturated heterocycles. The third-order valence-corrected chi connectivity index (χ3v) is 7.50. The predicted molar refractivity (Wildman–Crippen MR) is 142 cm³/mol. The molecule has 0 amide bonds. The molecule has 0 atom stereocenters. The second kappa shape index (κ2) is 15.0. The molecule has 0 spiro atoms. The minimum atomic E-state index is -2.97. The number of hydrogen-bond acceptors (Lipinski definition) is 6. The molecule has 0 N–H and O–H groups in total. The van der Waals surface area contributed by atoms with Crippen LogP contribution in [-0.2, 0) is 13.6 Å². The number of hydrogen-bond donors (Lipinski definition) is 0. The van der Waals surface area contributed by atoms with Crippen LogP contribution in [0.4, 0.5) is 5.69 Å². The molecule has 1 aliphatic rings. The first-order chi connectivity index (χ1) is 16.0. The summed E-state index contributed by atoms with van der Waals surface area (Å²) in [4.78, 5) is 9.24. The first kappa shape index (κ1) is 27.3. The highest BCUT2D eigenvalue weighted by molar-refractivity contribution is 7.53. The number of likely N-dealkylation sites (N-methyl/N-ethyl adjacent to an activating group) is 1. The van der Waals surface area contributed by atoms with Crippen LogP contribution in [0, 0.1) is 0 Å². The van der Waals surface area contributed by atoms with Crippen LogP contribution in [0.1, 0.15) is 32.8 Å². The summed E-state index contributed by atoms with van der Waals surface area (Å²) < 4.78 is 23.1. The van der Waals surface area contributed by atoms with Gasteiger partial charge in [0.05, 0.1) is 19.4 Å². The van der Waals surface area contributed by atoms with Crippen molar-refractivity contribution in [3.05, 3.63) is 59.7 Å². The summed E-state index contributed by atoms with van der Waals surface area (Å²) >= 11 is 0. The molecule has 33 heavy (non-hydrogen) atoms. The molecular formula is C26H40N3O3P.